The lowest BCUT2D eigenvalue weighted by Gasteiger charge is -2.02. The highest BCUT2D eigenvalue weighted by atomic mass is 16.6. The van der Waals surface area contributed by atoms with Gasteiger partial charge in [-0.05, 0) is 23.8 Å². The average molecular weight is 320 g/mol. The van der Waals surface area contributed by atoms with Crippen LogP contribution in [0.4, 0.5) is 11.6 Å². The van der Waals surface area contributed by atoms with Gasteiger partial charge in [0, 0.05) is 48.0 Å². The summed E-state index contributed by atoms with van der Waals surface area (Å²) < 4.78 is 0. The average Bonchev–Trinajstić information content (AvgIpc) is 2.63. The summed E-state index contributed by atoms with van der Waals surface area (Å²) in [4.78, 5) is 22.5. The van der Waals surface area contributed by atoms with Gasteiger partial charge in [-0.15, -0.1) is 0 Å². The summed E-state index contributed by atoms with van der Waals surface area (Å²) in [6.07, 6.45) is 8.22. The van der Waals surface area contributed by atoms with E-state index in [4.69, 9.17) is 0 Å². The molecule has 0 bridgehead atoms. The third-order valence-corrected chi connectivity index (χ3v) is 3.13. The van der Waals surface area contributed by atoms with Crippen molar-refractivity contribution in [3.63, 3.8) is 0 Å². The van der Waals surface area contributed by atoms with Gasteiger partial charge in [0.25, 0.3) is 5.69 Å². The molecule has 24 heavy (non-hydrogen) atoms. The van der Waals surface area contributed by atoms with Gasteiger partial charge in [-0.25, -0.2) is 15.4 Å². The fourth-order valence-corrected chi connectivity index (χ4v) is 1.93. The van der Waals surface area contributed by atoms with Crippen LogP contribution < -0.4 is 5.43 Å². The number of aromatic nitrogens is 3. The van der Waals surface area contributed by atoms with Gasteiger partial charge in [-0.2, -0.15) is 5.10 Å². The van der Waals surface area contributed by atoms with Crippen LogP contribution in [0, 0.1) is 10.1 Å². The van der Waals surface area contributed by atoms with Crippen LogP contribution >= 0.6 is 0 Å². The lowest BCUT2D eigenvalue weighted by Crippen LogP contribution is -1.97. The van der Waals surface area contributed by atoms with Crippen LogP contribution in [-0.4, -0.2) is 26.1 Å². The third kappa shape index (κ3) is 3.74. The Bertz CT molecular complexity index is 848. The molecule has 0 spiro atoms. The molecule has 1 aromatic carbocycles. The van der Waals surface area contributed by atoms with Crippen molar-refractivity contribution in [1.29, 1.82) is 0 Å². The second kappa shape index (κ2) is 7.05. The quantitative estimate of drug-likeness (QED) is 0.440. The predicted octanol–water partition coefficient (Wildman–Crippen LogP) is 2.89. The van der Waals surface area contributed by atoms with E-state index in [0.717, 1.165) is 16.7 Å². The lowest BCUT2D eigenvalue weighted by atomic mass is 10.1. The van der Waals surface area contributed by atoms with Gasteiger partial charge in [-0.1, -0.05) is 6.07 Å². The number of pyridine rings is 1. The monoisotopic (exact) mass is 320 g/mol. The molecule has 3 rings (SSSR count). The zero-order valence-electron chi connectivity index (χ0n) is 12.4. The summed E-state index contributed by atoms with van der Waals surface area (Å²) in [6, 6.07) is 9.89. The van der Waals surface area contributed by atoms with Crippen LogP contribution in [0.2, 0.25) is 0 Å². The summed E-state index contributed by atoms with van der Waals surface area (Å²) in [5.41, 5.74) is 5.18. The van der Waals surface area contributed by atoms with Gasteiger partial charge in [0.05, 0.1) is 11.1 Å². The summed E-state index contributed by atoms with van der Waals surface area (Å²) >= 11 is 0. The number of anilines is 1. The molecular formula is C16H12N6O2. The Morgan fingerprint density at radius 1 is 1.04 bits per heavy atom. The van der Waals surface area contributed by atoms with Crippen LogP contribution in [0.3, 0.4) is 0 Å². The number of nitrogens with zero attached hydrogens (tertiary/aromatic N) is 5. The van der Waals surface area contributed by atoms with E-state index in [2.05, 4.69) is 25.5 Å². The standard InChI is InChI=1S/C16H12N6O2/c23-22(24)15-5-3-13(4-6-15)14-10-18-16(19-11-14)21-20-9-12-2-1-7-17-8-12/h1-11H,(H,18,19,21)/b20-9+. The Balaban J connectivity index is 1.67. The number of hydrogen-bond acceptors (Lipinski definition) is 7. The van der Waals surface area contributed by atoms with Crippen molar-refractivity contribution in [1.82, 2.24) is 15.0 Å². The molecule has 2 aromatic heterocycles. The maximum atomic E-state index is 10.7. The third-order valence-electron chi connectivity index (χ3n) is 3.13. The molecular weight excluding hydrogens is 308 g/mol. The smallest absolute Gasteiger partial charge is 0.264 e. The molecule has 0 aliphatic carbocycles. The zero-order chi connectivity index (χ0) is 16.8. The Morgan fingerprint density at radius 3 is 2.42 bits per heavy atom. The van der Waals surface area contributed by atoms with Gasteiger partial charge in [0.15, 0.2) is 0 Å². The molecule has 2 heterocycles. The van der Waals surface area contributed by atoms with Gasteiger partial charge in [0.1, 0.15) is 0 Å². The Hall–Kier alpha value is -3.68. The molecule has 1 N–H and O–H groups in total. The lowest BCUT2D eigenvalue weighted by molar-refractivity contribution is -0.384. The molecule has 3 aromatic rings. The second-order valence-electron chi connectivity index (χ2n) is 4.76. The number of hydrogen-bond donors (Lipinski definition) is 1. The molecule has 0 saturated carbocycles. The van der Waals surface area contributed by atoms with Gasteiger partial charge in [-0.3, -0.25) is 15.1 Å². The Morgan fingerprint density at radius 2 is 1.79 bits per heavy atom. The van der Waals surface area contributed by atoms with Crippen molar-refractivity contribution in [3.05, 3.63) is 76.9 Å². The number of nitro groups is 1. The van der Waals surface area contributed by atoms with Crippen LogP contribution in [0.15, 0.2) is 66.3 Å². The molecule has 0 radical (unpaired) electrons. The minimum absolute atomic E-state index is 0.0442. The molecule has 0 amide bonds. The van der Waals surface area contributed by atoms with Crippen LogP contribution in [0.1, 0.15) is 5.56 Å². The predicted molar refractivity (Wildman–Crippen MR) is 89.6 cm³/mol. The number of benzene rings is 1. The first-order valence-corrected chi connectivity index (χ1v) is 6.98. The Kier molecular flexibility index (Phi) is 4.47. The largest absolute Gasteiger partial charge is 0.269 e. The van der Waals surface area contributed by atoms with Crippen LogP contribution in [0.25, 0.3) is 11.1 Å². The first-order valence-electron chi connectivity index (χ1n) is 6.98. The van der Waals surface area contributed by atoms with Crippen molar-refractivity contribution in [2.24, 2.45) is 5.10 Å². The summed E-state index contributed by atoms with van der Waals surface area (Å²) in [7, 11) is 0. The van der Waals surface area contributed by atoms with E-state index in [1.807, 2.05) is 12.1 Å². The molecule has 0 fully saturated rings. The minimum Gasteiger partial charge on any atom is -0.264 e. The molecule has 0 aliphatic rings. The number of non-ortho nitro benzene ring substituents is 1. The topological polar surface area (TPSA) is 106 Å². The molecule has 0 atom stereocenters. The number of hydrazone groups is 1. The normalized spacial score (nSPS) is 10.7. The summed E-state index contributed by atoms with van der Waals surface area (Å²) in [5.74, 6) is 0.348. The zero-order valence-corrected chi connectivity index (χ0v) is 12.4. The maximum Gasteiger partial charge on any atom is 0.269 e. The fourth-order valence-electron chi connectivity index (χ4n) is 1.93. The first kappa shape index (κ1) is 15.2. The maximum absolute atomic E-state index is 10.7. The molecule has 0 unspecified atom stereocenters. The van der Waals surface area contributed by atoms with Crippen LogP contribution in [-0.2, 0) is 0 Å². The molecule has 0 aliphatic heterocycles. The number of rotatable bonds is 5. The minimum atomic E-state index is -0.437. The SMILES string of the molecule is O=[N+]([O-])c1ccc(-c2cnc(N/N=C/c3cccnc3)nc2)cc1. The van der Waals surface area contributed by atoms with Crippen molar-refractivity contribution >= 4 is 17.9 Å². The Labute approximate surface area is 137 Å². The van der Waals surface area contributed by atoms with Crippen molar-refractivity contribution in [3.8, 4) is 11.1 Å². The highest BCUT2D eigenvalue weighted by Crippen LogP contribution is 2.21. The van der Waals surface area contributed by atoms with E-state index in [-0.39, 0.29) is 5.69 Å². The van der Waals surface area contributed by atoms with Crippen molar-refractivity contribution in [2.75, 3.05) is 5.43 Å². The van der Waals surface area contributed by atoms with E-state index in [1.165, 1.54) is 12.1 Å². The second-order valence-corrected chi connectivity index (χ2v) is 4.76. The molecule has 0 saturated heterocycles. The van der Waals surface area contributed by atoms with Crippen LogP contribution in [0.5, 0.6) is 0 Å². The van der Waals surface area contributed by atoms with Gasteiger partial charge < -0.3 is 0 Å². The van der Waals surface area contributed by atoms with Crippen molar-refractivity contribution in [2.45, 2.75) is 0 Å². The highest BCUT2D eigenvalue weighted by molar-refractivity contribution is 5.79. The highest BCUT2D eigenvalue weighted by Gasteiger charge is 2.05. The fraction of sp³-hybridized carbons (Fsp3) is 0. The van der Waals surface area contributed by atoms with E-state index in [1.54, 1.807) is 43.1 Å². The van der Waals surface area contributed by atoms with E-state index in [9.17, 15) is 10.1 Å². The van der Waals surface area contributed by atoms with E-state index < -0.39 is 4.92 Å². The number of nitrogens with one attached hydrogen (secondary N) is 1. The summed E-state index contributed by atoms with van der Waals surface area (Å²) in [5, 5.41) is 14.7. The molecule has 8 heteroatoms. The molecule has 8 nitrogen and oxygen atoms in total. The van der Waals surface area contributed by atoms with E-state index >= 15 is 0 Å². The van der Waals surface area contributed by atoms with Crippen molar-refractivity contribution < 1.29 is 4.92 Å². The number of nitro benzene ring substituents is 1. The van der Waals surface area contributed by atoms with Gasteiger partial charge in [0.2, 0.25) is 5.95 Å². The van der Waals surface area contributed by atoms with Gasteiger partial charge >= 0.3 is 0 Å². The van der Waals surface area contributed by atoms with E-state index in [0.29, 0.717) is 5.95 Å². The first-order chi connectivity index (χ1) is 11.7. The summed E-state index contributed by atoms with van der Waals surface area (Å²) in [6.45, 7) is 0. The molecule has 118 valence electrons.